The number of hydrogen-bond acceptors (Lipinski definition) is 2. The molecule has 0 heterocycles. The smallest absolute Gasteiger partial charge is 0.0621 e. The van der Waals surface area contributed by atoms with E-state index in [2.05, 4.69) is 57.1 Å². The molecule has 0 bridgehead atoms. The van der Waals surface area contributed by atoms with E-state index in [0.29, 0.717) is 6.04 Å². The lowest BCUT2D eigenvalue weighted by molar-refractivity contribution is 0.0721. The van der Waals surface area contributed by atoms with Gasteiger partial charge in [0.15, 0.2) is 0 Å². The summed E-state index contributed by atoms with van der Waals surface area (Å²) in [7, 11) is 4.42. The first-order chi connectivity index (χ1) is 17.2. The molecule has 0 N–H and O–H groups in total. The maximum Gasteiger partial charge on any atom is 0.0621 e. The molecule has 0 aliphatic heterocycles. The number of nitrogens with zero attached hydrogens (tertiary/aromatic N) is 1. The van der Waals surface area contributed by atoms with E-state index in [-0.39, 0.29) is 0 Å². The molecule has 0 aromatic carbocycles. The van der Waals surface area contributed by atoms with Gasteiger partial charge in [-0.3, -0.25) is 0 Å². The Bertz CT molecular complexity index is 442. The summed E-state index contributed by atoms with van der Waals surface area (Å²) in [4.78, 5) is 2.36. The monoisotopic (exact) mass is 492 g/mol. The minimum Gasteiger partial charge on any atom is -0.380 e. The second-order valence-electron chi connectivity index (χ2n) is 10.9. The molecule has 0 amide bonds. The van der Waals surface area contributed by atoms with Crippen LogP contribution in [-0.4, -0.2) is 38.3 Å². The van der Waals surface area contributed by atoms with Crippen molar-refractivity contribution in [3.05, 3.63) is 24.3 Å². The molecule has 2 nitrogen and oxygen atoms in total. The van der Waals surface area contributed by atoms with Gasteiger partial charge in [0.1, 0.15) is 0 Å². The molecule has 0 unspecified atom stereocenters. The van der Waals surface area contributed by atoms with Gasteiger partial charge in [-0.1, -0.05) is 134 Å². The van der Waals surface area contributed by atoms with E-state index in [1.165, 1.54) is 135 Å². The summed E-state index contributed by atoms with van der Waals surface area (Å²) in [5.74, 6) is 0. The second-order valence-corrected chi connectivity index (χ2v) is 10.9. The first-order valence-corrected chi connectivity index (χ1v) is 15.8. The Labute approximate surface area is 222 Å². The molecule has 0 saturated carbocycles. The molecule has 2 heteroatoms. The summed E-state index contributed by atoms with van der Waals surface area (Å²) in [6, 6.07) is 0.585. The van der Waals surface area contributed by atoms with Crippen LogP contribution in [0.5, 0.6) is 0 Å². The normalized spacial score (nSPS) is 13.1. The van der Waals surface area contributed by atoms with Crippen LogP contribution in [0.4, 0.5) is 0 Å². The van der Waals surface area contributed by atoms with E-state index in [1.54, 1.807) is 0 Å². The minimum atomic E-state index is 0.585. The van der Waals surface area contributed by atoms with Gasteiger partial charge in [0.25, 0.3) is 0 Å². The molecule has 0 rings (SSSR count). The summed E-state index contributed by atoms with van der Waals surface area (Å²) in [5, 5.41) is 0. The number of unbranched alkanes of at least 4 members (excludes halogenated alkanes) is 17. The van der Waals surface area contributed by atoms with E-state index < -0.39 is 0 Å². The highest BCUT2D eigenvalue weighted by molar-refractivity contribution is 4.92. The van der Waals surface area contributed by atoms with Crippen molar-refractivity contribution in [2.75, 3.05) is 27.3 Å². The minimum absolute atomic E-state index is 0.585. The summed E-state index contributed by atoms with van der Waals surface area (Å²) in [6.07, 6.45) is 39.0. The topological polar surface area (TPSA) is 12.5 Å². The molecular formula is C33H65NO. The average molecular weight is 492 g/mol. The molecule has 35 heavy (non-hydrogen) atoms. The number of rotatable bonds is 28. The highest BCUT2D eigenvalue weighted by Crippen LogP contribution is 2.13. The number of ether oxygens (including phenoxy) is 1. The second kappa shape index (κ2) is 29.6. The van der Waals surface area contributed by atoms with Gasteiger partial charge in [-0.05, 0) is 59.0 Å². The largest absolute Gasteiger partial charge is 0.380 e. The van der Waals surface area contributed by atoms with Crippen LogP contribution in [0.25, 0.3) is 0 Å². The predicted molar refractivity (Wildman–Crippen MR) is 159 cm³/mol. The molecule has 0 spiro atoms. The molecular weight excluding hydrogens is 426 g/mol. The Hall–Kier alpha value is -0.600. The van der Waals surface area contributed by atoms with Gasteiger partial charge in [-0.25, -0.2) is 0 Å². The van der Waals surface area contributed by atoms with Crippen LogP contribution >= 0.6 is 0 Å². The zero-order valence-electron chi connectivity index (χ0n) is 24.7. The van der Waals surface area contributed by atoms with Crippen LogP contribution in [0.1, 0.15) is 155 Å². The fourth-order valence-corrected chi connectivity index (χ4v) is 4.59. The zero-order chi connectivity index (χ0) is 25.7. The summed E-state index contributed by atoms with van der Waals surface area (Å²) < 4.78 is 6.03. The quantitative estimate of drug-likeness (QED) is 0.0797. The summed E-state index contributed by atoms with van der Waals surface area (Å²) in [5.41, 5.74) is 0. The fourth-order valence-electron chi connectivity index (χ4n) is 4.59. The van der Waals surface area contributed by atoms with E-state index in [0.717, 1.165) is 19.6 Å². The van der Waals surface area contributed by atoms with Gasteiger partial charge in [0.05, 0.1) is 6.61 Å². The lowest BCUT2D eigenvalue weighted by atomic mass is 10.0. The molecule has 1 atom stereocenters. The van der Waals surface area contributed by atoms with Crippen molar-refractivity contribution >= 4 is 0 Å². The Morgan fingerprint density at radius 1 is 0.543 bits per heavy atom. The molecule has 0 saturated heterocycles. The first kappa shape index (κ1) is 34.4. The maximum atomic E-state index is 6.03. The van der Waals surface area contributed by atoms with E-state index in [4.69, 9.17) is 4.74 Å². The van der Waals surface area contributed by atoms with Crippen LogP contribution in [0.3, 0.4) is 0 Å². The third-order valence-electron chi connectivity index (χ3n) is 7.17. The van der Waals surface area contributed by atoms with Crippen LogP contribution in [0.15, 0.2) is 24.3 Å². The van der Waals surface area contributed by atoms with Crippen LogP contribution < -0.4 is 0 Å². The van der Waals surface area contributed by atoms with Crippen molar-refractivity contribution in [3.8, 4) is 0 Å². The molecule has 0 radical (unpaired) electrons. The Morgan fingerprint density at radius 3 is 1.57 bits per heavy atom. The third-order valence-corrected chi connectivity index (χ3v) is 7.17. The van der Waals surface area contributed by atoms with Crippen molar-refractivity contribution < 1.29 is 4.74 Å². The number of allylic oxidation sites excluding steroid dienone is 4. The van der Waals surface area contributed by atoms with Crippen LogP contribution in [-0.2, 0) is 4.74 Å². The molecule has 0 aromatic heterocycles. The Morgan fingerprint density at radius 2 is 1.00 bits per heavy atom. The molecule has 0 fully saturated rings. The summed E-state index contributed by atoms with van der Waals surface area (Å²) >= 11 is 0. The van der Waals surface area contributed by atoms with Gasteiger partial charge in [0, 0.05) is 12.6 Å². The van der Waals surface area contributed by atoms with Gasteiger partial charge in [0.2, 0.25) is 0 Å². The van der Waals surface area contributed by atoms with Crippen LogP contribution in [0, 0.1) is 0 Å². The first-order valence-electron chi connectivity index (χ1n) is 15.8. The van der Waals surface area contributed by atoms with Crippen molar-refractivity contribution in [1.82, 2.24) is 4.90 Å². The Kier molecular flexibility index (Phi) is 29.1. The third kappa shape index (κ3) is 27.8. The SMILES string of the molecule is CCCCCC=CCC=CCCCCCCCCC[C@H](COCCCCCCCCCC)N(C)C. The molecule has 0 aliphatic rings. The van der Waals surface area contributed by atoms with Crippen molar-refractivity contribution in [1.29, 1.82) is 0 Å². The van der Waals surface area contributed by atoms with Gasteiger partial charge in [-0.2, -0.15) is 0 Å². The molecule has 0 aliphatic carbocycles. The van der Waals surface area contributed by atoms with Gasteiger partial charge >= 0.3 is 0 Å². The lowest BCUT2D eigenvalue weighted by Gasteiger charge is -2.24. The molecule has 0 aromatic rings. The average Bonchev–Trinajstić information content (AvgIpc) is 2.85. The van der Waals surface area contributed by atoms with Gasteiger partial charge in [-0.15, -0.1) is 0 Å². The lowest BCUT2D eigenvalue weighted by Crippen LogP contribution is -2.32. The van der Waals surface area contributed by atoms with E-state index in [1.807, 2.05) is 0 Å². The van der Waals surface area contributed by atoms with E-state index >= 15 is 0 Å². The van der Waals surface area contributed by atoms with Crippen LogP contribution in [0.2, 0.25) is 0 Å². The summed E-state index contributed by atoms with van der Waals surface area (Å²) in [6.45, 7) is 6.41. The van der Waals surface area contributed by atoms with Crippen molar-refractivity contribution in [2.24, 2.45) is 0 Å². The molecule has 208 valence electrons. The van der Waals surface area contributed by atoms with Crippen molar-refractivity contribution in [3.63, 3.8) is 0 Å². The number of likely N-dealkylation sites (N-methyl/N-ethyl adjacent to an activating group) is 1. The highest BCUT2D eigenvalue weighted by Gasteiger charge is 2.11. The fraction of sp³-hybridized carbons (Fsp3) is 0.879. The van der Waals surface area contributed by atoms with Gasteiger partial charge < -0.3 is 9.64 Å². The zero-order valence-corrected chi connectivity index (χ0v) is 24.7. The van der Waals surface area contributed by atoms with Crippen molar-refractivity contribution in [2.45, 2.75) is 161 Å². The predicted octanol–water partition coefficient (Wildman–Crippen LogP) is 10.7. The standard InChI is InChI=1S/C33H65NO/c1-5-7-9-11-13-15-16-17-18-19-20-21-22-23-24-26-28-30-33(34(3)4)32-35-31-29-27-25-14-12-10-8-6-2/h13,15,17-18,33H,5-12,14,16,19-32H2,1-4H3/t33-/m1/s1. The highest BCUT2D eigenvalue weighted by atomic mass is 16.5. The maximum absolute atomic E-state index is 6.03. The number of hydrogen-bond donors (Lipinski definition) is 0. The Balaban J connectivity index is 3.47. The van der Waals surface area contributed by atoms with E-state index in [9.17, 15) is 0 Å².